The molecule has 2 aromatic rings. The zero-order chi connectivity index (χ0) is 21.7. The molecule has 1 aliphatic rings. The van der Waals surface area contributed by atoms with Crippen molar-refractivity contribution in [3.05, 3.63) is 75.4 Å². The highest BCUT2D eigenvalue weighted by atomic mass is 35.5. The average Bonchev–Trinajstić information content (AvgIpc) is 3.06. The van der Waals surface area contributed by atoms with Gasteiger partial charge in [-0.3, -0.25) is 24.6 Å². The largest absolute Gasteiger partial charge is 0.350 e. The van der Waals surface area contributed by atoms with Gasteiger partial charge >= 0.3 is 0 Å². The molecule has 0 radical (unpaired) electrons. The molecule has 9 heteroatoms. The number of carbonyl (C=O) groups is 3. The van der Waals surface area contributed by atoms with Gasteiger partial charge in [-0.05, 0) is 41.5 Å². The number of nitrogens with zero attached hydrogens (tertiary/aromatic N) is 2. The van der Waals surface area contributed by atoms with E-state index in [4.69, 9.17) is 23.2 Å². The lowest BCUT2D eigenvalue weighted by atomic mass is 10.2. The van der Waals surface area contributed by atoms with Gasteiger partial charge in [-0.15, -0.1) is 0 Å². The number of benzene rings is 2. The van der Waals surface area contributed by atoms with Crippen LogP contribution < -0.4 is 10.6 Å². The van der Waals surface area contributed by atoms with Crippen molar-refractivity contribution in [2.24, 2.45) is 4.99 Å². The molecule has 0 aliphatic carbocycles. The van der Waals surface area contributed by atoms with Gasteiger partial charge in [0.15, 0.2) is 0 Å². The summed E-state index contributed by atoms with van der Waals surface area (Å²) in [5, 5.41) is 6.38. The minimum atomic E-state index is -0.467. The third-order valence-corrected chi connectivity index (χ3v) is 4.66. The van der Waals surface area contributed by atoms with Gasteiger partial charge in [0.1, 0.15) is 12.2 Å². The van der Waals surface area contributed by atoms with Crippen molar-refractivity contribution < 1.29 is 14.4 Å². The molecule has 154 valence electrons. The van der Waals surface area contributed by atoms with E-state index in [1.54, 1.807) is 48.5 Å². The molecule has 1 aliphatic heterocycles. The molecule has 0 saturated heterocycles. The second-order valence-corrected chi connectivity index (χ2v) is 7.36. The van der Waals surface area contributed by atoms with Crippen LogP contribution in [0, 0.1) is 0 Å². The van der Waals surface area contributed by atoms with Crippen molar-refractivity contribution in [1.82, 2.24) is 15.5 Å². The summed E-state index contributed by atoms with van der Waals surface area (Å²) in [5.41, 5.74) is 1.67. The van der Waals surface area contributed by atoms with Crippen LogP contribution in [-0.2, 0) is 20.9 Å². The Bertz CT molecular complexity index is 1050. The van der Waals surface area contributed by atoms with Gasteiger partial charge in [0, 0.05) is 23.5 Å². The fourth-order valence-corrected chi connectivity index (χ4v) is 3.02. The molecule has 7 nitrogen and oxygen atoms in total. The number of rotatable bonds is 5. The summed E-state index contributed by atoms with van der Waals surface area (Å²) in [6.07, 6.45) is 1.57. The van der Waals surface area contributed by atoms with Crippen LogP contribution in [0.3, 0.4) is 0 Å². The molecule has 0 aromatic heterocycles. The predicted molar refractivity (Wildman–Crippen MR) is 116 cm³/mol. The molecule has 0 spiro atoms. The molecule has 1 heterocycles. The number of aliphatic imine (C=N–C) groups is 1. The van der Waals surface area contributed by atoms with E-state index >= 15 is 0 Å². The number of nitrogens with one attached hydrogen (secondary N) is 2. The summed E-state index contributed by atoms with van der Waals surface area (Å²) >= 11 is 11.8. The van der Waals surface area contributed by atoms with Gasteiger partial charge in [-0.1, -0.05) is 47.5 Å². The van der Waals surface area contributed by atoms with E-state index in [-0.39, 0.29) is 24.7 Å². The maximum absolute atomic E-state index is 12.3. The fourth-order valence-electron chi connectivity index (χ4n) is 2.68. The molecule has 0 fully saturated rings. The van der Waals surface area contributed by atoms with Gasteiger partial charge < -0.3 is 5.32 Å². The number of guanidine groups is 1. The molecular weight excluding hydrogens is 427 g/mol. The van der Waals surface area contributed by atoms with E-state index in [0.29, 0.717) is 10.0 Å². The van der Waals surface area contributed by atoms with Crippen molar-refractivity contribution >= 4 is 53.0 Å². The second-order valence-electron chi connectivity index (χ2n) is 6.48. The number of amides is 3. The molecule has 3 amide bonds. The lowest BCUT2D eigenvalue weighted by Crippen LogP contribution is -2.47. The van der Waals surface area contributed by atoms with E-state index in [0.717, 1.165) is 16.0 Å². The molecule has 30 heavy (non-hydrogen) atoms. The summed E-state index contributed by atoms with van der Waals surface area (Å²) in [6.45, 7) is 1.26. The molecule has 3 rings (SSSR count). The third-order valence-electron chi connectivity index (χ3n) is 4.17. The number of hydrogen-bond donors (Lipinski definition) is 2. The first-order chi connectivity index (χ1) is 14.3. The molecule has 2 N–H and O–H groups in total. The summed E-state index contributed by atoms with van der Waals surface area (Å²) in [6, 6.07) is 13.9. The lowest BCUT2D eigenvalue weighted by Gasteiger charge is -2.19. The van der Waals surface area contributed by atoms with Gasteiger partial charge in [-0.25, -0.2) is 4.99 Å². The maximum atomic E-state index is 12.3. The van der Waals surface area contributed by atoms with Crippen LogP contribution in [0.2, 0.25) is 10.0 Å². The topological polar surface area (TPSA) is 90.9 Å². The normalized spacial score (nSPS) is 14.3. The van der Waals surface area contributed by atoms with Crippen LogP contribution in [0.15, 0.2) is 59.2 Å². The summed E-state index contributed by atoms with van der Waals surface area (Å²) < 4.78 is 0. The first-order valence-corrected chi connectivity index (χ1v) is 9.74. The molecule has 0 atom stereocenters. The van der Waals surface area contributed by atoms with Crippen LogP contribution in [0.25, 0.3) is 6.08 Å². The molecular formula is C21H18Cl2N4O3. The average molecular weight is 445 g/mol. The van der Waals surface area contributed by atoms with Crippen LogP contribution in [0.5, 0.6) is 0 Å². The Hall–Kier alpha value is -3.16. The van der Waals surface area contributed by atoms with Gasteiger partial charge in [0.2, 0.25) is 17.8 Å². The Kier molecular flexibility index (Phi) is 6.87. The zero-order valence-electron chi connectivity index (χ0n) is 16.0. The zero-order valence-corrected chi connectivity index (χ0v) is 17.5. The highest BCUT2D eigenvalue weighted by Gasteiger charge is 2.28. The Labute approximate surface area is 183 Å². The molecule has 0 unspecified atom stereocenters. The minimum Gasteiger partial charge on any atom is -0.350 e. The van der Waals surface area contributed by atoms with E-state index in [1.165, 1.54) is 6.92 Å². The van der Waals surface area contributed by atoms with E-state index in [9.17, 15) is 14.4 Å². The first-order valence-electron chi connectivity index (χ1n) is 8.98. The number of halogens is 2. The van der Waals surface area contributed by atoms with Crippen molar-refractivity contribution in [3.63, 3.8) is 0 Å². The van der Waals surface area contributed by atoms with Crippen molar-refractivity contribution in [1.29, 1.82) is 0 Å². The molecule has 0 bridgehead atoms. The molecule has 0 saturated carbocycles. The van der Waals surface area contributed by atoms with Gasteiger partial charge in [-0.2, -0.15) is 0 Å². The third kappa shape index (κ3) is 5.68. The van der Waals surface area contributed by atoms with Crippen LogP contribution in [0.1, 0.15) is 18.1 Å². The van der Waals surface area contributed by atoms with Crippen LogP contribution in [0.4, 0.5) is 0 Å². The minimum absolute atomic E-state index is 0.00520. The summed E-state index contributed by atoms with van der Waals surface area (Å²) in [7, 11) is 0. The quantitative estimate of drug-likeness (QED) is 0.694. The van der Waals surface area contributed by atoms with Gasteiger partial charge in [0.25, 0.3) is 5.91 Å². The lowest BCUT2D eigenvalue weighted by molar-refractivity contribution is -0.131. The van der Waals surface area contributed by atoms with E-state index in [2.05, 4.69) is 15.6 Å². The number of carbonyl (C=O) groups excluding carboxylic acids is 3. The smallest absolute Gasteiger partial charge is 0.276 e. The fraction of sp³-hybridized carbons (Fsp3) is 0.143. The van der Waals surface area contributed by atoms with Crippen molar-refractivity contribution in [2.45, 2.75) is 13.5 Å². The van der Waals surface area contributed by atoms with Crippen molar-refractivity contribution in [3.8, 4) is 0 Å². The van der Waals surface area contributed by atoms with Gasteiger partial charge in [0.05, 0.1) is 0 Å². The highest BCUT2D eigenvalue weighted by Crippen LogP contribution is 2.16. The van der Waals surface area contributed by atoms with Crippen molar-refractivity contribution in [2.75, 3.05) is 6.54 Å². The molecule has 2 aromatic carbocycles. The monoisotopic (exact) mass is 444 g/mol. The standard InChI is InChI=1S/C21H18Cl2N4O3/c1-13(28)27(12-19(29)24-11-15-3-2-4-17(23)9-15)21-25-18(20(30)26-21)10-14-5-7-16(22)8-6-14/h2-10H,11-12H2,1H3,(H,24,29)(H,25,26,30)/b18-10-. The first kappa shape index (κ1) is 21.5. The van der Waals surface area contributed by atoms with E-state index < -0.39 is 17.7 Å². The second kappa shape index (κ2) is 9.56. The Balaban J connectivity index is 1.69. The highest BCUT2D eigenvalue weighted by molar-refractivity contribution is 6.30. The predicted octanol–water partition coefficient (Wildman–Crippen LogP) is 2.99. The SMILES string of the molecule is CC(=O)N(CC(=O)NCc1cccc(Cl)c1)C1=N/C(=C\c2ccc(Cl)cc2)C(=O)N1. The number of hydrogen-bond acceptors (Lipinski definition) is 4. The summed E-state index contributed by atoms with van der Waals surface area (Å²) in [5.74, 6) is -1.30. The maximum Gasteiger partial charge on any atom is 0.276 e. The Morgan fingerprint density at radius 1 is 1.13 bits per heavy atom. The van der Waals surface area contributed by atoms with Crippen LogP contribution in [-0.4, -0.2) is 35.1 Å². The van der Waals surface area contributed by atoms with Crippen LogP contribution >= 0.6 is 23.2 Å². The van der Waals surface area contributed by atoms with E-state index in [1.807, 2.05) is 6.07 Å². The Morgan fingerprint density at radius 2 is 1.87 bits per heavy atom. The summed E-state index contributed by atoms with van der Waals surface area (Å²) in [4.78, 5) is 41.9. The Morgan fingerprint density at radius 3 is 2.53 bits per heavy atom.